The molecule has 0 aliphatic carbocycles. The minimum absolute atomic E-state index is 0.0159. The molecule has 0 aromatic carbocycles. The third-order valence-electron chi connectivity index (χ3n) is 2.81. The van der Waals surface area contributed by atoms with Crippen LogP contribution >= 0.6 is 0 Å². The van der Waals surface area contributed by atoms with Gasteiger partial charge in [0.2, 0.25) is 11.8 Å². The molecule has 1 atom stereocenters. The first kappa shape index (κ1) is 22.8. The molecule has 0 aromatic heterocycles. The summed E-state index contributed by atoms with van der Waals surface area (Å²) in [6.07, 6.45) is -1.23. The van der Waals surface area contributed by atoms with E-state index in [1.54, 1.807) is 13.8 Å². The Morgan fingerprint density at radius 1 is 1.00 bits per heavy atom. The molecule has 0 spiro atoms. The molecule has 0 bridgehead atoms. The Morgan fingerprint density at radius 2 is 1.67 bits per heavy atom. The summed E-state index contributed by atoms with van der Waals surface area (Å²) in [5, 5.41) is 5.16. The Morgan fingerprint density at radius 3 is 2.29 bits per heavy atom. The molecule has 0 aliphatic rings. The molecule has 8 heteroatoms. The number of alkyl halides is 1. The molecule has 0 rings (SSSR count). The van der Waals surface area contributed by atoms with E-state index >= 15 is 0 Å². The molecule has 0 aromatic rings. The van der Waals surface area contributed by atoms with Crippen molar-refractivity contribution in [2.24, 2.45) is 5.92 Å². The molecule has 0 saturated heterocycles. The van der Waals surface area contributed by atoms with Gasteiger partial charge in [-0.05, 0) is 13.8 Å². The zero-order chi connectivity index (χ0) is 18.4. The fourth-order valence-corrected chi connectivity index (χ4v) is 1.46. The fraction of sp³-hybridized carbons (Fsp3) is 0.875. The third kappa shape index (κ3) is 14.3. The van der Waals surface area contributed by atoms with Crippen molar-refractivity contribution in [3.63, 3.8) is 0 Å². The Balaban J connectivity index is 3.38. The number of carbonyl (C=O) groups is 2. The van der Waals surface area contributed by atoms with E-state index in [2.05, 4.69) is 10.6 Å². The first-order valence-electron chi connectivity index (χ1n) is 8.28. The van der Waals surface area contributed by atoms with E-state index < -0.39 is 6.17 Å². The minimum Gasteiger partial charge on any atom is -0.377 e. The summed E-state index contributed by atoms with van der Waals surface area (Å²) in [7, 11) is 0. The van der Waals surface area contributed by atoms with Crippen LogP contribution in [-0.4, -0.2) is 70.2 Å². The van der Waals surface area contributed by atoms with Crippen LogP contribution in [0.3, 0.4) is 0 Å². The van der Waals surface area contributed by atoms with Gasteiger partial charge in [0.05, 0.1) is 39.1 Å². The lowest BCUT2D eigenvalue weighted by molar-refractivity contribution is -0.127. The van der Waals surface area contributed by atoms with E-state index in [9.17, 15) is 14.0 Å². The van der Waals surface area contributed by atoms with Crippen molar-refractivity contribution in [2.75, 3.05) is 46.1 Å². The molecule has 7 nitrogen and oxygen atoms in total. The van der Waals surface area contributed by atoms with Crippen LogP contribution in [0, 0.1) is 5.92 Å². The average molecular weight is 350 g/mol. The van der Waals surface area contributed by atoms with Gasteiger partial charge in [-0.25, -0.2) is 4.39 Å². The summed E-state index contributed by atoms with van der Waals surface area (Å²) in [5.74, 6) is -0.530. The van der Waals surface area contributed by atoms with Gasteiger partial charge in [-0.3, -0.25) is 9.59 Å². The van der Waals surface area contributed by atoms with Gasteiger partial charge in [-0.15, -0.1) is 0 Å². The molecule has 0 fully saturated rings. The van der Waals surface area contributed by atoms with Gasteiger partial charge in [0.15, 0.2) is 0 Å². The zero-order valence-electron chi connectivity index (χ0n) is 15.1. The summed E-state index contributed by atoms with van der Waals surface area (Å²) in [6.45, 7) is 8.39. The maximum atomic E-state index is 13.4. The van der Waals surface area contributed by atoms with Gasteiger partial charge in [0.25, 0.3) is 0 Å². The smallest absolute Gasteiger partial charge is 0.246 e. The molecule has 2 amide bonds. The number of hydrogen-bond donors (Lipinski definition) is 2. The zero-order valence-corrected chi connectivity index (χ0v) is 15.1. The summed E-state index contributed by atoms with van der Waals surface area (Å²) in [4.78, 5) is 22.6. The highest BCUT2D eigenvalue weighted by Gasteiger charge is 2.11. The topological polar surface area (TPSA) is 85.9 Å². The molecular weight excluding hydrogens is 319 g/mol. The largest absolute Gasteiger partial charge is 0.377 e. The predicted molar refractivity (Wildman–Crippen MR) is 88.5 cm³/mol. The van der Waals surface area contributed by atoms with Crippen LogP contribution in [0.25, 0.3) is 0 Å². The molecule has 0 radical (unpaired) electrons. The van der Waals surface area contributed by atoms with Crippen LogP contribution in [0.5, 0.6) is 0 Å². The van der Waals surface area contributed by atoms with Crippen LogP contribution < -0.4 is 10.6 Å². The highest BCUT2D eigenvalue weighted by atomic mass is 19.1. The lowest BCUT2D eigenvalue weighted by Gasteiger charge is -2.12. The molecular formula is C16H31FN2O5. The van der Waals surface area contributed by atoms with E-state index in [0.717, 1.165) is 0 Å². The predicted octanol–water partition coefficient (Wildman–Crippen LogP) is 0.671. The van der Waals surface area contributed by atoms with E-state index in [-0.39, 0.29) is 50.2 Å². The van der Waals surface area contributed by atoms with E-state index in [4.69, 9.17) is 14.2 Å². The summed E-state index contributed by atoms with van der Waals surface area (Å²) >= 11 is 0. The first-order valence-corrected chi connectivity index (χ1v) is 8.28. The molecule has 1 unspecified atom stereocenters. The Kier molecular flexibility index (Phi) is 13.4. The van der Waals surface area contributed by atoms with Crippen LogP contribution in [0.15, 0.2) is 0 Å². The second-order valence-corrected chi connectivity index (χ2v) is 5.89. The number of ether oxygens (including phenoxy) is 3. The molecule has 0 heterocycles. The SMILES string of the molecule is CC(C)OCC(=O)NCCOCCOCC(F)CNC(=O)C(C)C. The van der Waals surface area contributed by atoms with E-state index in [1.165, 1.54) is 0 Å². The van der Waals surface area contributed by atoms with Crippen molar-refractivity contribution in [2.45, 2.75) is 40.0 Å². The maximum Gasteiger partial charge on any atom is 0.246 e. The fourth-order valence-electron chi connectivity index (χ4n) is 1.46. The molecule has 24 heavy (non-hydrogen) atoms. The highest BCUT2D eigenvalue weighted by molar-refractivity contribution is 5.77. The highest BCUT2D eigenvalue weighted by Crippen LogP contribution is 1.94. The second kappa shape index (κ2) is 14.1. The van der Waals surface area contributed by atoms with Crippen molar-refractivity contribution < 1.29 is 28.2 Å². The molecule has 0 saturated carbocycles. The average Bonchev–Trinajstić information content (AvgIpc) is 2.52. The Labute approximate surface area is 143 Å². The number of halogens is 1. The first-order chi connectivity index (χ1) is 11.3. The molecule has 142 valence electrons. The lowest BCUT2D eigenvalue weighted by atomic mass is 10.2. The number of rotatable bonds is 14. The van der Waals surface area contributed by atoms with Crippen molar-refractivity contribution in [1.29, 1.82) is 0 Å². The Bertz CT molecular complexity index is 353. The van der Waals surface area contributed by atoms with Gasteiger partial charge in [-0.2, -0.15) is 0 Å². The van der Waals surface area contributed by atoms with Crippen LogP contribution in [0.4, 0.5) is 4.39 Å². The number of hydrogen-bond acceptors (Lipinski definition) is 5. The van der Waals surface area contributed by atoms with Gasteiger partial charge >= 0.3 is 0 Å². The molecule has 2 N–H and O–H groups in total. The number of carbonyl (C=O) groups excluding carboxylic acids is 2. The normalized spacial score (nSPS) is 12.5. The quantitative estimate of drug-likeness (QED) is 0.450. The summed E-state index contributed by atoms with van der Waals surface area (Å²) < 4.78 is 29.0. The number of amides is 2. The molecule has 0 aliphatic heterocycles. The van der Waals surface area contributed by atoms with Gasteiger partial charge in [-0.1, -0.05) is 13.8 Å². The van der Waals surface area contributed by atoms with Gasteiger partial charge in [0.1, 0.15) is 12.8 Å². The third-order valence-corrected chi connectivity index (χ3v) is 2.81. The maximum absolute atomic E-state index is 13.4. The van der Waals surface area contributed by atoms with Gasteiger partial charge in [0, 0.05) is 12.5 Å². The monoisotopic (exact) mass is 350 g/mol. The second-order valence-electron chi connectivity index (χ2n) is 5.89. The van der Waals surface area contributed by atoms with Crippen LogP contribution in [-0.2, 0) is 23.8 Å². The standard InChI is InChI=1S/C16H31FN2O5/c1-12(2)16(21)19-9-14(17)10-23-8-7-22-6-5-18-15(20)11-24-13(3)4/h12-14H,5-11H2,1-4H3,(H,18,20)(H,19,21). The number of nitrogens with one attached hydrogen (secondary N) is 2. The van der Waals surface area contributed by atoms with Crippen molar-refractivity contribution in [3.05, 3.63) is 0 Å². The van der Waals surface area contributed by atoms with E-state index in [0.29, 0.717) is 19.8 Å². The van der Waals surface area contributed by atoms with Crippen molar-refractivity contribution in [3.8, 4) is 0 Å². The van der Waals surface area contributed by atoms with Crippen molar-refractivity contribution in [1.82, 2.24) is 10.6 Å². The lowest BCUT2D eigenvalue weighted by Crippen LogP contribution is -2.35. The van der Waals surface area contributed by atoms with Crippen LogP contribution in [0.1, 0.15) is 27.7 Å². The summed E-state index contributed by atoms with van der Waals surface area (Å²) in [6, 6.07) is 0. The van der Waals surface area contributed by atoms with Crippen LogP contribution in [0.2, 0.25) is 0 Å². The minimum atomic E-state index is -1.24. The van der Waals surface area contributed by atoms with Gasteiger partial charge < -0.3 is 24.8 Å². The summed E-state index contributed by atoms with van der Waals surface area (Å²) in [5.41, 5.74) is 0. The Hall–Kier alpha value is -1.25. The van der Waals surface area contributed by atoms with E-state index in [1.807, 2.05) is 13.8 Å². The van der Waals surface area contributed by atoms with Crippen molar-refractivity contribution >= 4 is 11.8 Å².